The van der Waals surface area contributed by atoms with Crippen molar-refractivity contribution in [3.8, 4) is 5.75 Å². The first kappa shape index (κ1) is 22.5. The number of anilines is 1. The molecule has 8 heteroatoms. The summed E-state index contributed by atoms with van der Waals surface area (Å²) < 4.78 is 45.3. The number of piperazine rings is 1. The Balaban J connectivity index is 1.59. The van der Waals surface area contributed by atoms with E-state index in [1.165, 1.54) is 17.2 Å². The molecule has 2 saturated heterocycles. The molecule has 2 aromatic rings. The Labute approximate surface area is 185 Å². The molecule has 2 bridgehead atoms. The number of carbonyl (C=O) groups is 1. The predicted octanol–water partition coefficient (Wildman–Crippen LogP) is 4.45. The lowest BCUT2D eigenvalue weighted by Gasteiger charge is -2.40. The van der Waals surface area contributed by atoms with Crippen LogP contribution in [0, 0.1) is 13.8 Å². The van der Waals surface area contributed by atoms with Crippen molar-refractivity contribution in [2.45, 2.75) is 51.5 Å². The average Bonchev–Trinajstić information content (AvgIpc) is 3.35. The number of nitrogens with two attached hydrogens (primary N) is 1. The SMILES string of the molecule is COc1ccc(C(C)N2C[C@@H]3CC2CN3c2cc(C(F)(F)F)ccc2C(N)=O)c(C)c1C. The summed E-state index contributed by atoms with van der Waals surface area (Å²) in [7, 11) is 1.66. The highest BCUT2D eigenvalue weighted by Crippen LogP contribution is 2.42. The topological polar surface area (TPSA) is 58.8 Å². The van der Waals surface area contributed by atoms with Gasteiger partial charge in [-0.15, -0.1) is 0 Å². The highest BCUT2D eigenvalue weighted by molar-refractivity contribution is 5.99. The molecule has 172 valence electrons. The third-order valence-corrected chi connectivity index (χ3v) is 7.13. The third kappa shape index (κ3) is 3.70. The number of carbonyl (C=O) groups excluding carboxylic acids is 1. The van der Waals surface area contributed by atoms with Gasteiger partial charge < -0.3 is 15.4 Å². The predicted molar refractivity (Wildman–Crippen MR) is 117 cm³/mol. The first-order valence-electron chi connectivity index (χ1n) is 10.7. The highest BCUT2D eigenvalue weighted by Gasteiger charge is 2.46. The monoisotopic (exact) mass is 447 g/mol. The Bertz CT molecular complexity index is 1050. The van der Waals surface area contributed by atoms with Crippen molar-refractivity contribution < 1.29 is 22.7 Å². The van der Waals surface area contributed by atoms with E-state index in [9.17, 15) is 18.0 Å². The molecule has 0 spiro atoms. The molecule has 3 atom stereocenters. The molecule has 0 aromatic heterocycles. The zero-order valence-corrected chi connectivity index (χ0v) is 18.7. The van der Waals surface area contributed by atoms with E-state index < -0.39 is 17.6 Å². The summed E-state index contributed by atoms with van der Waals surface area (Å²) in [4.78, 5) is 16.3. The number of amides is 1. The fourth-order valence-corrected chi connectivity index (χ4v) is 5.29. The van der Waals surface area contributed by atoms with Gasteiger partial charge in [-0.1, -0.05) is 6.07 Å². The summed E-state index contributed by atoms with van der Waals surface area (Å²) >= 11 is 0. The first-order valence-corrected chi connectivity index (χ1v) is 10.7. The summed E-state index contributed by atoms with van der Waals surface area (Å²) in [5.74, 6) is 0.141. The number of rotatable bonds is 5. The maximum Gasteiger partial charge on any atom is 0.416 e. The number of likely N-dealkylation sites (tertiary alicyclic amines) is 1. The Morgan fingerprint density at radius 3 is 2.41 bits per heavy atom. The minimum atomic E-state index is -4.48. The van der Waals surface area contributed by atoms with Gasteiger partial charge in [0.2, 0.25) is 0 Å². The Morgan fingerprint density at radius 1 is 1.12 bits per heavy atom. The largest absolute Gasteiger partial charge is 0.496 e. The molecule has 5 nitrogen and oxygen atoms in total. The van der Waals surface area contributed by atoms with Crippen LogP contribution in [0.25, 0.3) is 0 Å². The molecule has 0 aliphatic carbocycles. The number of halogens is 3. The van der Waals surface area contributed by atoms with E-state index in [-0.39, 0.29) is 29.4 Å². The van der Waals surface area contributed by atoms with Crippen molar-refractivity contribution in [1.82, 2.24) is 4.90 Å². The third-order valence-electron chi connectivity index (χ3n) is 7.13. The number of fused-ring (bicyclic) bond motifs is 2. The highest BCUT2D eigenvalue weighted by atomic mass is 19.4. The van der Waals surface area contributed by atoms with Crippen LogP contribution in [0.2, 0.25) is 0 Å². The maximum atomic E-state index is 13.3. The van der Waals surface area contributed by atoms with E-state index in [0.29, 0.717) is 13.1 Å². The first-order chi connectivity index (χ1) is 15.0. The van der Waals surface area contributed by atoms with Crippen LogP contribution in [0.3, 0.4) is 0 Å². The van der Waals surface area contributed by atoms with Crippen LogP contribution in [0.1, 0.15) is 52.0 Å². The van der Waals surface area contributed by atoms with Crippen LogP contribution in [-0.4, -0.2) is 43.1 Å². The van der Waals surface area contributed by atoms with Gasteiger partial charge in [0, 0.05) is 31.2 Å². The number of benzene rings is 2. The van der Waals surface area contributed by atoms with Crippen LogP contribution in [0.5, 0.6) is 5.75 Å². The summed E-state index contributed by atoms with van der Waals surface area (Å²) in [5.41, 5.74) is 8.64. The smallest absolute Gasteiger partial charge is 0.416 e. The van der Waals surface area contributed by atoms with Gasteiger partial charge in [0.25, 0.3) is 5.91 Å². The molecule has 2 fully saturated rings. The van der Waals surface area contributed by atoms with Crippen molar-refractivity contribution >= 4 is 11.6 Å². The zero-order chi connectivity index (χ0) is 23.4. The summed E-state index contributed by atoms with van der Waals surface area (Å²) in [6, 6.07) is 7.62. The number of nitrogens with zero attached hydrogens (tertiary/aromatic N) is 2. The fraction of sp³-hybridized carbons (Fsp3) is 0.458. The molecule has 2 aliphatic heterocycles. The summed E-state index contributed by atoms with van der Waals surface area (Å²) in [5, 5.41) is 0. The van der Waals surface area contributed by atoms with Crippen LogP contribution >= 0.6 is 0 Å². The molecule has 2 unspecified atom stereocenters. The van der Waals surface area contributed by atoms with Crippen LogP contribution in [-0.2, 0) is 6.18 Å². The number of methoxy groups -OCH3 is 1. The molecule has 4 rings (SSSR count). The van der Waals surface area contributed by atoms with E-state index in [4.69, 9.17) is 10.5 Å². The quantitative estimate of drug-likeness (QED) is 0.736. The number of hydrogen-bond acceptors (Lipinski definition) is 4. The van der Waals surface area contributed by atoms with E-state index in [2.05, 4.69) is 24.8 Å². The maximum absolute atomic E-state index is 13.3. The lowest BCUT2D eigenvalue weighted by Crippen LogP contribution is -2.47. The number of hydrogen-bond donors (Lipinski definition) is 1. The number of alkyl halides is 3. The van der Waals surface area contributed by atoms with Gasteiger partial charge in [0.05, 0.1) is 23.9 Å². The molecule has 2 aromatic carbocycles. The molecule has 32 heavy (non-hydrogen) atoms. The molecule has 2 N–H and O–H groups in total. The minimum Gasteiger partial charge on any atom is -0.496 e. The van der Waals surface area contributed by atoms with Crippen LogP contribution in [0.4, 0.5) is 18.9 Å². The van der Waals surface area contributed by atoms with Gasteiger partial charge in [-0.2, -0.15) is 13.2 Å². The lowest BCUT2D eigenvalue weighted by molar-refractivity contribution is -0.137. The molecule has 0 saturated carbocycles. The molecule has 0 radical (unpaired) electrons. The second kappa shape index (κ2) is 7.99. The fourth-order valence-electron chi connectivity index (χ4n) is 5.29. The number of ether oxygens (including phenoxy) is 1. The van der Waals surface area contributed by atoms with Gasteiger partial charge >= 0.3 is 6.18 Å². The zero-order valence-electron chi connectivity index (χ0n) is 18.7. The van der Waals surface area contributed by atoms with E-state index in [1.807, 2.05) is 17.9 Å². The Kier molecular flexibility index (Phi) is 5.61. The normalized spacial score (nSPS) is 21.8. The average molecular weight is 448 g/mol. The van der Waals surface area contributed by atoms with E-state index >= 15 is 0 Å². The van der Waals surface area contributed by atoms with Crippen LogP contribution in [0.15, 0.2) is 30.3 Å². The Hall–Kier alpha value is -2.74. The van der Waals surface area contributed by atoms with Crippen molar-refractivity contribution in [2.24, 2.45) is 5.73 Å². The standard InChI is InChI=1S/C24H28F3N3O2/c1-13-14(2)22(32-4)8-7-19(13)15(3)29-11-18-10-17(29)12-30(18)21-9-16(24(25,26)27)5-6-20(21)23(28)31/h5-9,15,17-18H,10-12H2,1-4H3,(H2,28,31)/t15?,17?,18-/m0/s1. The Morgan fingerprint density at radius 2 is 1.84 bits per heavy atom. The van der Waals surface area contributed by atoms with Gasteiger partial charge in [-0.25, -0.2) is 0 Å². The summed E-state index contributed by atoms with van der Waals surface area (Å²) in [6.45, 7) is 7.57. The molecule has 2 heterocycles. The minimum absolute atomic E-state index is 0.0312. The van der Waals surface area contributed by atoms with Gasteiger partial charge in [-0.3, -0.25) is 9.69 Å². The second-order valence-electron chi connectivity index (χ2n) is 8.77. The van der Waals surface area contributed by atoms with Crippen molar-refractivity contribution in [2.75, 3.05) is 25.1 Å². The second-order valence-corrected chi connectivity index (χ2v) is 8.77. The van der Waals surface area contributed by atoms with Gasteiger partial charge in [0.15, 0.2) is 0 Å². The van der Waals surface area contributed by atoms with Gasteiger partial charge in [-0.05, 0) is 68.1 Å². The van der Waals surface area contributed by atoms with Gasteiger partial charge in [0.1, 0.15) is 5.75 Å². The van der Waals surface area contributed by atoms with Crippen molar-refractivity contribution in [1.29, 1.82) is 0 Å². The van der Waals surface area contributed by atoms with Crippen molar-refractivity contribution in [3.63, 3.8) is 0 Å². The molecule has 1 amide bonds. The lowest BCUT2D eigenvalue weighted by atomic mass is 9.96. The number of primary amides is 1. The van der Waals surface area contributed by atoms with E-state index in [1.54, 1.807) is 7.11 Å². The summed E-state index contributed by atoms with van der Waals surface area (Å²) in [6.07, 6.45) is -3.64. The van der Waals surface area contributed by atoms with Crippen LogP contribution < -0.4 is 15.4 Å². The van der Waals surface area contributed by atoms with Crippen molar-refractivity contribution in [3.05, 3.63) is 58.1 Å². The van der Waals surface area contributed by atoms with E-state index in [0.717, 1.165) is 29.9 Å². The molecular weight excluding hydrogens is 419 g/mol. The molecular formula is C24H28F3N3O2. The molecule has 2 aliphatic rings.